The van der Waals surface area contributed by atoms with E-state index in [1.165, 1.54) is 0 Å². The van der Waals surface area contributed by atoms with E-state index in [1.807, 2.05) is 33.8 Å². The Kier molecular flexibility index (Phi) is 4.05. The molecular weight excluding hydrogens is 205 g/mol. The first-order chi connectivity index (χ1) is 7.29. The lowest BCUT2D eigenvalue weighted by Gasteiger charge is -2.23. The van der Waals surface area contributed by atoms with Crippen molar-refractivity contribution in [1.82, 2.24) is 5.48 Å². The van der Waals surface area contributed by atoms with Gasteiger partial charge < -0.3 is 0 Å². The van der Waals surface area contributed by atoms with E-state index >= 15 is 0 Å². The van der Waals surface area contributed by atoms with Crippen LogP contribution in [0.3, 0.4) is 0 Å². The number of aryl methyl sites for hydroxylation is 1. The molecule has 0 aliphatic heterocycles. The van der Waals surface area contributed by atoms with Gasteiger partial charge in [0.1, 0.15) is 5.82 Å². The number of halogens is 1. The molecule has 0 amide bonds. The largest absolute Gasteiger partial charge is 0.296 e. The fraction of sp³-hybridized carbons (Fsp3) is 0.538. The summed E-state index contributed by atoms with van der Waals surface area (Å²) in [6.07, 6.45) is 0. The molecule has 90 valence electrons. The molecule has 0 aromatic heterocycles. The predicted molar refractivity (Wildman–Crippen MR) is 63.5 cm³/mol. The van der Waals surface area contributed by atoms with Crippen molar-refractivity contribution in [3.8, 4) is 0 Å². The lowest BCUT2D eigenvalue weighted by Crippen LogP contribution is -2.31. The summed E-state index contributed by atoms with van der Waals surface area (Å²) in [5.74, 6) is -0.179. The van der Waals surface area contributed by atoms with Gasteiger partial charge in [-0.1, -0.05) is 12.1 Å². The Balaban J connectivity index is 2.66. The Morgan fingerprint density at radius 2 is 1.94 bits per heavy atom. The van der Waals surface area contributed by atoms with Crippen LogP contribution in [0.15, 0.2) is 18.2 Å². The zero-order valence-corrected chi connectivity index (χ0v) is 10.6. The lowest BCUT2D eigenvalue weighted by atomic mass is 10.1. The lowest BCUT2D eigenvalue weighted by molar-refractivity contribution is -0.0866. The van der Waals surface area contributed by atoms with Crippen molar-refractivity contribution < 1.29 is 9.23 Å². The topological polar surface area (TPSA) is 21.3 Å². The standard InChI is InChI=1S/C13H20FNO/c1-9-6-7-11(8-12(9)14)10(2)15-16-13(3,4)5/h6-8,10,15H,1-5H3. The number of nitrogens with one attached hydrogen (secondary N) is 1. The van der Waals surface area contributed by atoms with Crippen molar-refractivity contribution in [3.63, 3.8) is 0 Å². The van der Waals surface area contributed by atoms with Gasteiger partial charge in [0, 0.05) is 0 Å². The third-order valence-electron chi connectivity index (χ3n) is 2.24. The molecule has 1 unspecified atom stereocenters. The van der Waals surface area contributed by atoms with Crippen LogP contribution in [0.5, 0.6) is 0 Å². The first-order valence-electron chi connectivity index (χ1n) is 5.49. The average Bonchev–Trinajstić information content (AvgIpc) is 2.17. The molecule has 16 heavy (non-hydrogen) atoms. The monoisotopic (exact) mass is 225 g/mol. The van der Waals surface area contributed by atoms with Gasteiger partial charge in [-0.15, -0.1) is 0 Å². The molecule has 0 saturated heterocycles. The number of rotatable bonds is 3. The minimum Gasteiger partial charge on any atom is -0.296 e. The molecule has 0 fully saturated rings. The number of hydroxylamine groups is 1. The summed E-state index contributed by atoms with van der Waals surface area (Å²) in [4.78, 5) is 5.44. The van der Waals surface area contributed by atoms with Gasteiger partial charge >= 0.3 is 0 Å². The van der Waals surface area contributed by atoms with Crippen LogP contribution in [-0.2, 0) is 4.84 Å². The average molecular weight is 225 g/mol. The van der Waals surface area contributed by atoms with Crippen molar-refractivity contribution in [2.45, 2.75) is 46.3 Å². The quantitative estimate of drug-likeness (QED) is 0.795. The van der Waals surface area contributed by atoms with E-state index in [1.54, 1.807) is 19.1 Å². The number of hydrogen-bond donors (Lipinski definition) is 1. The maximum Gasteiger partial charge on any atom is 0.126 e. The highest BCUT2D eigenvalue weighted by Gasteiger charge is 2.14. The highest BCUT2D eigenvalue weighted by molar-refractivity contribution is 5.25. The predicted octanol–water partition coefficient (Wildman–Crippen LogP) is 3.51. The summed E-state index contributed by atoms with van der Waals surface area (Å²) in [5.41, 5.74) is 4.21. The Morgan fingerprint density at radius 1 is 1.31 bits per heavy atom. The van der Waals surface area contributed by atoms with Crippen LogP contribution < -0.4 is 5.48 Å². The summed E-state index contributed by atoms with van der Waals surface area (Å²) in [5, 5.41) is 0. The second-order valence-corrected chi connectivity index (χ2v) is 5.06. The van der Waals surface area contributed by atoms with Crippen LogP contribution in [0.4, 0.5) is 4.39 Å². The maximum atomic E-state index is 13.3. The molecular formula is C13H20FNO. The van der Waals surface area contributed by atoms with Gasteiger partial charge in [0.25, 0.3) is 0 Å². The normalized spacial score (nSPS) is 13.9. The van der Waals surface area contributed by atoms with E-state index in [9.17, 15) is 4.39 Å². The van der Waals surface area contributed by atoms with Crippen molar-refractivity contribution >= 4 is 0 Å². The van der Waals surface area contributed by atoms with Crippen LogP contribution in [0, 0.1) is 12.7 Å². The first-order valence-corrected chi connectivity index (χ1v) is 5.49. The molecule has 2 nitrogen and oxygen atoms in total. The fourth-order valence-corrected chi connectivity index (χ4v) is 1.21. The van der Waals surface area contributed by atoms with Crippen molar-refractivity contribution in [1.29, 1.82) is 0 Å². The van der Waals surface area contributed by atoms with Gasteiger partial charge in [-0.25, -0.2) is 4.39 Å². The molecule has 3 heteroatoms. The smallest absolute Gasteiger partial charge is 0.126 e. The van der Waals surface area contributed by atoms with Gasteiger partial charge in [-0.05, 0) is 51.8 Å². The van der Waals surface area contributed by atoms with Gasteiger partial charge in [0.05, 0.1) is 11.6 Å². The third kappa shape index (κ3) is 3.91. The highest BCUT2D eigenvalue weighted by atomic mass is 19.1. The van der Waals surface area contributed by atoms with Crippen LogP contribution in [0.25, 0.3) is 0 Å². The molecule has 0 aliphatic rings. The molecule has 0 heterocycles. The summed E-state index contributed by atoms with van der Waals surface area (Å²) >= 11 is 0. The van der Waals surface area contributed by atoms with Crippen LogP contribution >= 0.6 is 0 Å². The minimum absolute atomic E-state index is 0.0330. The van der Waals surface area contributed by atoms with Gasteiger partial charge in [0.2, 0.25) is 0 Å². The van der Waals surface area contributed by atoms with Gasteiger partial charge in [-0.3, -0.25) is 4.84 Å². The summed E-state index contributed by atoms with van der Waals surface area (Å²) in [7, 11) is 0. The third-order valence-corrected chi connectivity index (χ3v) is 2.24. The Labute approximate surface area is 96.8 Å². The second kappa shape index (κ2) is 4.93. The van der Waals surface area contributed by atoms with E-state index < -0.39 is 0 Å². The molecule has 1 aromatic carbocycles. The van der Waals surface area contributed by atoms with Crippen molar-refractivity contribution in [3.05, 3.63) is 35.1 Å². The molecule has 0 spiro atoms. The number of hydrogen-bond acceptors (Lipinski definition) is 2. The van der Waals surface area contributed by atoms with Gasteiger partial charge in [-0.2, -0.15) is 5.48 Å². The Morgan fingerprint density at radius 3 is 2.44 bits per heavy atom. The van der Waals surface area contributed by atoms with Crippen LogP contribution in [0.1, 0.15) is 44.9 Å². The molecule has 1 atom stereocenters. The summed E-state index contributed by atoms with van der Waals surface area (Å²) in [6.45, 7) is 9.58. The van der Waals surface area contributed by atoms with E-state index in [-0.39, 0.29) is 17.5 Å². The molecule has 1 aromatic rings. The zero-order chi connectivity index (χ0) is 12.3. The van der Waals surface area contributed by atoms with Crippen LogP contribution in [-0.4, -0.2) is 5.60 Å². The summed E-state index contributed by atoms with van der Waals surface area (Å²) in [6, 6.07) is 5.19. The maximum absolute atomic E-state index is 13.3. The summed E-state index contributed by atoms with van der Waals surface area (Å²) < 4.78 is 13.3. The van der Waals surface area contributed by atoms with Crippen LogP contribution in [0.2, 0.25) is 0 Å². The Bertz CT molecular complexity index is 357. The van der Waals surface area contributed by atoms with Gasteiger partial charge in [0.15, 0.2) is 0 Å². The van der Waals surface area contributed by atoms with E-state index in [2.05, 4.69) is 5.48 Å². The number of benzene rings is 1. The fourth-order valence-electron chi connectivity index (χ4n) is 1.21. The molecule has 1 N–H and O–H groups in total. The van der Waals surface area contributed by atoms with E-state index in [0.717, 1.165) is 5.56 Å². The molecule has 0 radical (unpaired) electrons. The highest BCUT2D eigenvalue weighted by Crippen LogP contribution is 2.17. The zero-order valence-electron chi connectivity index (χ0n) is 10.6. The van der Waals surface area contributed by atoms with E-state index in [4.69, 9.17) is 4.84 Å². The minimum atomic E-state index is -0.252. The van der Waals surface area contributed by atoms with E-state index in [0.29, 0.717) is 5.56 Å². The molecule has 0 bridgehead atoms. The first kappa shape index (κ1) is 13.1. The Hall–Kier alpha value is -0.930. The SMILES string of the molecule is Cc1ccc(C(C)NOC(C)(C)C)cc1F. The molecule has 0 saturated carbocycles. The second-order valence-electron chi connectivity index (χ2n) is 5.06. The van der Waals surface area contributed by atoms with Crippen molar-refractivity contribution in [2.75, 3.05) is 0 Å². The molecule has 0 aliphatic carbocycles. The van der Waals surface area contributed by atoms with Crippen molar-refractivity contribution in [2.24, 2.45) is 0 Å². The molecule has 1 rings (SSSR count).